The first-order chi connectivity index (χ1) is 17.9. The van der Waals surface area contributed by atoms with Crippen LogP contribution in [0.5, 0.6) is 11.5 Å². The summed E-state index contributed by atoms with van der Waals surface area (Å²) < 4.78 is 16.3. The van der Waals surface area contributed by atoms with Gasteiger partial charge in [0, 0.05) is 24.3 Å². The van der Waals surface area contributed by atoms with E-state index in [1.165, 1.54) is 32.3 Å². The Hall–Kier alpha value is -4.27. The van der Waals surface area contributed by atoms with Crippen LogP contribution < -0.4 is 25.0 Å². The number of carbonyl (C=O) groups excluding carboxylic acids is 3. The summed E-state index contributed by atoms with van der Waals surface area (Å²) in [6.45, 7) is 1.42. The van der Waals surface area contributed by atoms with E-state index in [0.29, 0.717) is 28.4 Å². The second-order valence-electron chi connectivity index (χ2n) is 8.89. The number of nitrogens with one attached hydrogen (secondary N) is 2. The number of rotatable bonds is 9. The molecule has 1 atom stereocenters. The van der Waals surface area contributed by atoms with Crippen LogP contribution in [0.3, 0.4) is 0 Å². The van der Waals surface area contributed by atoms with Gasteiger partial charge in [0.1, 0.15) is 6.04 Å². The van der Waals surface area contributed by atoms with E-state index in [1.54, 1.807) is 54.6 Å². The van der Waals surface area contributed by atoms with Crippen LogP contribution in [0.2, 0.25) is 0 Å². The maximum atomic E-state index is 13.9. The normalized spacial score (nSPS) is 14.0. The van der Waals surface area contributed by atoms with Crippen LogP contribution in [0.25, 0.3) is 0 Å². The van der Waals surface area contributed by atoms with E-state index in [4.69, 9.17) is 13.9 Å². The van der Waals surface area contributed by atoms with E-state index in [2.05, 4.69) is 10.6 Å². The van der Waals surface area contributed by atoms with Crippen molar-refractivity contribution >= 4 is 29.1 Å². The number of amides is 3. The molecule has 9 heteroatoms. The zero-order valence-corrected chi connectivity index (χ0v) is 21.2. The van der Waals surface area contributed by atoms with Crippen LogP contribution in [0, 0.1) is 0 Å². The SMILES string of the molecule is COc1ccc(C(C(=O)NC2CCCC2)N(C(=O)c2ccco2)c2ccc(NC(C)=O)cc2)cc1OC. The summed E-state index contributed by atoms with van der Waals surface area (Å²) in [5.41, 5.74) is 1.57. The molecule has 1 aliphatic carbocycles. The highest BCUT2D eigenvalue weighted by Crippen LogP contribution is 2.36. The highest BCUT2D eigenvalue weighted by molar-refractivity contribution is 6.09. The third-order valence-corrected chi connectivity index (χ3v) is 6.35. The first-order valence-electron chi connectivity index (χ1n) is 12.2. The van der Waals surface area contributed by atoms with Crippen molar-refractivity contribution in [3.8, 4) is 11.5 Å². The molecule has 1 saturated carbocycles. The molecule has 2 aromatic carbocycles. The number of benzene rings is 2. The highest BCUT2D eigenvalue weighted by atomic mass is 16.5. The van der Waals surface area contributed by atoms with Gasteiger partial charge in [-0.15, -0.1) is 0 Å². The number of furan rings is 1. The average molecular weight is 506 g/mol. The summed E-state index contributed by atoms with van der Waals surface area (Å²) in [6.07, 6.45) is 5.29. The monoisotopic (exact) mass is 505 g/mol. The molecule has 0 bridgehead atoms. The Balaban J connectivity index is 1.83. The predicted octanol–water partition coefficient (Wildman–Crippen LogP) is 4.70. The number of carbonyl (C=O) groups is 3. The fourth-order valence-corrected chi connectivity index (χ4v) is 4.60. The minimum Gasteiger partial charge on any atom is -0.493 e. The molecule has 1 fully saturated rings. The Labute approximate surface area is 215 Å². The summed E-state index contributed by atoms with van der Waals surface area (Å²) in [4.78, 5) is 40.6. The van der Waals surface area contributed by atoms with Gasteiger partial charge in [0.05, 0.1) is 20.5 Å². The fraction of sp³-hybridized carbons (Fsp3) is 0.321. The van der Waals surface area contributed by atoms with Crippen LogP contribution in [0.1, 0.15) is 54.8 Å². The smallest absolute Gasteiger partial charge is 0.294 e. The third-order valence-electron chi connectivity index (χ3n) is 6.35. The van der Waals surface area contributed by atoms with Gasteiger partial charge in [-0.1, -0.05) is 18.9 Å². The van der Waals surface area contributed by atoms with E-state index in [9.17, 15) is 14.4 Å². The molecular formula is C28H31N3O6. The number of methoxy groups -OCH3 is 2. The second-order valence-corrected chi connectivity index (χ2v) is 8.89. The quantitative estimate of drug-likeness (QED) is 0.436. The number of nitrogens with zero attached hydrogens (tertiary/aromatic N) is 1. The van der Waals surface area contributed by atoms with Crippen LogP contribution >= 0.6 is 0 Å². The summed E-state index contributed by atoms with van der Waals surface area (Å²) in [5.74, 6) is 0.0129. The van der Waals surface area contributed by atoms with E-state index in [0.717, 1.165) is 25.7 Å². The largest absolute Gasteiger partial charge is 0.493 e. The Kier molecular flexibility index (Phi) is 8.12. The van der Waals surface area contributed by atoms with Gasteiger partial charge >= 0.3 is 0 Å². The molecule has 1 heterocycles. The van der Waals surface area contributed by atoms with Gasteiger partial charge in [-0.25, -0.2) is 0 Å². The summed E-state index contributed by atoms with van der Waals surface area (Å²) in [7, 11) is 3.05. The van der Waals surface area contributed by atoms with Gasteiger partial charge in [-0.2, -0.15) is 0 Å². The number of hydrogen-bond donors (Lipinski definition) is 2. The summed E-state index contributed by atoms with van der Waals surface area (Å²) in [6, 6.07) is 14.1. The van der Waals surface area contributed by atoms with Crippen molar-refractivity contribution in [1.29, 1.82) is 0 Å². The van der Waals surface area contributed by atoms with E-state index in [1.807, 2.05) is 0 Å². The molecule has 0 aliphatic heterocycles. The van der Waals surface area contributed by atoms with Crippen LogP contribution in [-0.4, -0.2) is 38.0 Å². The lowest BCUT2D eigenvalue weighted by atomic mass is 10.0. The molecule has 2 N–H and O–H groups in total. The van der Waals surface area contributed by atoms with E-state index in [-0.39, 0.29) is 23.6 Å². The molecule has 1 unspecified atom stereocenters. The first-order valence-corrected chi connectivity index (χ1v) is 12.2. The van der Waals surface area contributed by atoms with Crippen molar-refractivity contribution in [2.45, 2.75) is 44.7 Å². The average Bonchev–Trinajstić information content (AvgIpc) is 3.61. The molecule has 9 nitrogen and oxygen atoms in total. The molecule has 4 rings (SSSR count). The first kappa shape index (κ1) is 25.8. The second kappa shape index (κ2) is 11.6. The maximum absolute atomic E-state index is 13.9. The fourth-order valence-electron chi connectivity index (χ4n) is 4.60. The van der Waals surface area contributed by atoms with Gasteiger partial charge in [0.15, 0.2) is 17.3 Å². The van der Waals surface area contributed by atoms with Gasteiger partial charge in [-0.05, 0) is 66.9 Å². The van der Waals surface area contributed by atoms with Crippen molar-refractivity contribution in [1.82, 2.24) is 5.32 Å². The molecule has 0 radical (unpaired) electrons. The van der Waals surface area contributed by atoms with Crippen molar-refractivity contribution < 1.29 is 28.3 Å². The van der Waals surface area contributed by atoms with Crippen molar-refractivity contribution in [3.05, 3.63) is 72.2 Å². The van der Waals surface area contributed by atoms with Crippen molar-refractivity contribution in [2.24, 2.45) is 0 Å². The zero-order chi connectivity index (χ0) is 26.4. The lowest BCUT2D eigenvalue weighted by Gasteiger charge is -2.32. The van der Waals surface area contributed by atoms with Crippen LogP contribution in [0.15, 0.2) is 65.3 Å². The molecule has 3 aromatic rings. The lowest BCUT2D eigenvalue weighted by molar-refractivity contribution is -0.123. The molecule has 1 aromatic heterocycles. The van der Waals surface area contributed by atoms with Crippen LogP contribution in [0.4, 0.5) is 11.4 Å². The Morgan fingerprint density at radius 1 is 0.973 bits per heavy atom. The lowest BCUT2D eigenvalue weighted by Crippen LogP contribution is -2.46. The van der Waals surface area contributed by atoms with Gasteiger partial charge in [0.25, 0.3) is 5.91 Å². The topological polar surface area (TPSA) is 110 Å². The van der Waals surface area contributed by atoms with Crippen molar-refractivity contribution in [2.75, 3.05) is 24.4 Å². The van der Waals surface area contributed by atoms with Gasteiger partial charge in [0.2, 0.25) is 11.8 Å². The zero-order valence-electron chi connectivity index (χ0n) is 21.2. The Bertz CT molecular complexity index is 1230. The highest BCUT2D eigenvalue weighted by Gasteiger charge is 2.36. The third kappa shape index (κ3) is 5.94. The number of anilines is 2. The molecule has 0 spiro atoms. The Morgan fingerprint density at radius 2 is 1.68 bits per heavy atom. The van der Waals surface area contributed by atoms with Crippen LogP contribution in [-0.2, 0) is 9.59 Å². The molecule has 194 valence electrons. The van der Waals surface area contributed by atoms with E-state index < -0.39 is 11.9 Å². The van der Waals surface area contributed by atoms with E-state index >= 15 is 0 Å². The van der Waals surface area contributed by atoms with Crippen molar-refractivity contribution in [3.63, 3.8) is 0 Å². The van der Waals surface area contributed by atoms with Gasteiger partial charge < -0.3 is 24.5 Å². The Morgan fingerprint density at radius 3 is 2.27 bits per heavy atom. The predicted molar refractivity (Wildman–Crippen MR) is 139 cm³/mol. The molecule has 37 heavy (non-hydrogen) atoms. The molecule has 3 amide bonds. The summed E-state index contributed by atoms with van der Waals surface area (Å²) in [5, 5.41) is 5.86. The summed E-state index contributed by atoms with van der Waals surface area (Å²) >= 11 is 0. The standard InChI is InChI=1S/C28H31N3O6/c1-18(32)29-21-11-13-22(14-12-21)31(28(34)24-9-6-16-37-24)26(27(33)30-20-7-4-5-8-20)19-10-15-23(35-2)25(17-19)36-3/h6,9-17,20,26H,4-5,7-8H2,1-3H3,(H,29,32)(H,30,33). The number of hydrogen-bond acceptors (Lipinski definition) is 6. The molecule has 0 saturated heterocycles. The number of ether oxygens (including phenoxy) is 2. The molecular weight excluding hydrogens is 474 g/mol. The van der Waals surface area contributed by atoms with Gasteiger partial charge in [-0.3, -0.25) is 19.3 Å². The minimum atomic E-state index is -1.04. The maximum Gasteiger partial charge on any atom is 0.294 e. The molecule has 1 aliphatic rings. The minimum absolute atomic E-state index is 0.0397.